The summed E-state index contributed by atoms with van der Waals surface area (Å²) in [4.78, 5) is 0.476. The quantitative estimate of drug-likeness (QED) is 0.566. The van der Waals surface area contributed by atoms with E-state index in [4.69, 9.17) is 18.0 Å². The van der Waals surface area contributed by atoms with Gasteiger partial charge in [-0.05, 0) is 17.7 Å². The van der Waals surface area contributed by atoms with Crippen LogP contribution in [-0.2, 0) is 5.75 Å². The summed E-state index contributed by atoms with van der Waals surface area (Å²) >= 11 is 6.93. The topological polar surface area (TPSA) is 26.0 Å². The highest BCUT2D eigenvalue weighted by molar-refractivity contribution is 7.98. The average Bonchev–Trinajstić information content (AvgIpc) is 2.34. The van der Waals surface area contributed by atoms with E-state index >= 15 is 0 Å². The lowest BCUT2D eigenvalue weighted by Crippen LogP contribution is -2.08. The largest absolute Gasteiger partial charge is 0.389 e. The molecule has 1 aromatic rings. The van der Waals surface area contributed by atoms with Gasteiger partial charge in [0, 0.05) is 11.3 Å². The molecule has 1 nitrogen and oxygen atoms in total. The number of rotatable bonds is 8. The summed E-state index contributed by atoms with van der Waals surface area (Å²) < 4.78 is 0. The predicted molar refractivity (Wildman–Crippen MR) is 82.6 cm³/mol. The van der Waals surface area contributed by atoms with E-state index in [1.807, 2.05) is 23.9 Å². The van der Waals surface area contributed by atoms with Gasteiger partial charge in [-0.1, -0.05) is 62.7 Å². The monoisotopic (exact) mass is 267 g/mol. The molecule has 2 N–H and O–H groups in total. The van der Waals surface area contributed by atoms with Gasteiger partial charge in [0.05, 0.1) is 0 Å². The van der Waals surface area contributed by atoms with Crippen molar-refractivity contribution in [3.63, 3.8) is 0 Å². The van der Waals surface area contributed by atoms with Gasteiger partial charge in [-0.25, -0.2) is 0 Å². The van der Waals surface area contributed by atoms with Gasteiger partial charge in [-0.15, -0.1) is 0 Å². The number of unbranched alkanes of at least 4 members (excludes halogenated alkanes) is 3. The van der Waals surface area contributed by atoms with Crippen molar-refractivity contribution in [1.29, 1.82) is 0 Å². The van der Waals surface area contributed by atoms with Crippen molar-refractivity contribution in [2.24, 2.45) is 5.73 Å². The van der Waals surface area contributed by atoms with Crippen molar-refractivity contribution >= 4 is 29.0 Å². The summed E-state index contributed by atoms with van der Waals surface area (Å²) in [5.41, 5.74) is 7.87. The summed E-state index contributed by atoms with van der Waals surface area (Å²) in [6.07, 6.45) is 5.38. The third-order valence-electron chi connectivity index (χ3n) is 2.65. The van der Waals surface area contributed by atoms with E-state index in [9.17, 15) is 0 Å². The molecule has 0 amide bonds. The summed E-state index contributed by atoms with van der Waals surface area (Å²) in [5.74, 6) is 2.35. The van der Waals surface area contributed by atoms with Crippen LogP contribution in [0.3, 0.4) is 0 Å². The first-order chi connectivity index (χ1) is 8.24. The number of thiocarbonyl (C=S) groups is 1. The summed E-state index contributed by atoms with van der Waals surface area (Å²) in [6.45, 7) is 2.25. The highest BCUT2D eigenvalue weighted by Gasteiger charge is 1.97. The Balaban J connectivity index is 2.21. The predicted octanol–water partition coefficient (Wildman–Crippen LogP) is 4.13. The van der Waals surface area contributed by atoms with Gasteiger partial charge in [-0.3, -0.25) is 0 Å². The zero-order chi connectivity index (χ0) is 12.5. The Morgan fingerprint density at radius 1 is 1.18 bits per heavy atom. The molecule has 0 spiro atoms. The van der Waals surface area contributed by atoms with Crippen molar-refractivity contribution in [3.05, 3.63) is 35.4 Å². The fourth-order valence-corrected chi connectivity index (χ4v) is 2.70. The second kappa shape index (κ2) is 8.54. The van der Waals surface area contributed by atoms with Gasteiger partial charge in [-0.2, -0.15) is 11.8 Å². The normalized spacial score (nSPS) is 10.4. The van der Waals surface area contributed by atoms with Crippen LogP contribution in [0, 0.1) is 0 Å². The molecule has 0 saturated carbocycles. The Kier molecular flexibility index (Phi) is 7.29. The van der Waals surface area contributed by atoms with E-state index in [2.05, 4.69) is 19.1 Å². The third-order valence-corrected chi connectivity index (χ3v) is 4.00. The molecule has 3 heteroatoms. The third kappa shape index (κ3) is 6.08. The molecule has 0 radical (unpaired) electrons. The van der Waals surface area contributed by atoms with E-state index in [-0.39, 0.29) is 0 Å². The lowest BCUT2D eigenvalue weighted by molar-refractivity contribution is 0.706. The smallest absolute Gasteiger partial charge is 0.103 e. The van der Waals surface area contributed by atoms with E-state index < -0.39 is 0 Å². The van der Waals surface area contributed by atoms with Crippen LogP contribution in [0.5, 0.6) is 0 Å². The minimum atomic E-state index is 0.476. The number of hydrogen-bond acceptors (Lipinski definition) is 2. The standard InChI is InChI=1S/C14H21NS2/c1-2-3-4-5-10-17-11-12-6-8-13(9-7-12)14(15)16/h6-9H,2-5,10-11H2,1H3,(H2,15,16). The van der Waals surface area contributed by atoms with Crippen molar-refractivity contribution < 1.29 is 0 Å². The van der Waals surface area contributed by atoms with Gasteiger partial charge in [0.15, 0.2) is 0 Å². The molecule has 0 fully saturated rings. The fourth-order valence-electron chi connectivity index (χ4n) is 1.59. The summed E-state index contributed by atoms with van der Waals surface area (Å²) in [7, 11) is 0. The Morgan fingerprint density at radius 2 is 1.88 bits per heavy atom. The maximum Gasteiger partial charge on any atom is 0.103 e. The Bertz CT molecular complexity index is 333. The Morgan fingerprint density at radius 3 is 2.47 bits per heavy atom. The second-order valence-corrected chi connectivity index (χ2v) is 5.72. The molecule has 94 valence electrons. The molecule has 17 heavy (non-hydrogen) atoms. The van der Waals surface area contributed by atoms with Crippen LogP contribution in [-0.4, -0.2) is 10.7 Å². The first-order valence-corrected chi connectivity index (χ1v) is 7.77. The SMILES string of the molecule is CCCCCCSCc1ccc(C(N)=S)cc1. The van der Waals surface area contributed by atoms with Gasteiger partial charge in [0.2, 0.25) is 0 Å². The first kappa shape index (κ1) is 14.5. The van der Waals surface area contributed by atoms with Crippen LogP contribution in [0.25, 0.3) is 0 Å². The van der Waals surface area contributed by atoms with Crippen molar-refractivity contribution in [2.75, 3.05) is 5.75 Å². The molecule has 1 rings (SSSR count). The highest BCUT2D eigenvalue weighted by atomic mass is 32.2. The molecule has 0 saturated heterocycles. The Hall–Kier alpha value is -0.540. The first-order valence-electron chi connectivity index (χ1n) is 6.20. The van der Waals surface area contributed by atoms with Crippen LogP contribution in [0.4, 0.5) is 0 Å². The molecule has 0 aliphatic carbocycles. The van der Waals surface area contributed by atoms with Gasteiger partial charge in [0.25, 0.3) is 0 Å². The number of benzene rings is 1. The van der Waals surface area contributed by atoms with Crippen molar-refractivity contribution in [1.82, 2.24) is 0 Å². The molecule has 0 unspecified atom stereocenters. The summed E-state index contributed by atoms with van der Waals surface area (Å²) in [5, 5.41) is 0. The molecule has 0 atom stereocenters. The lowest BCUT2D eigenvalue weighted by atomic mass is 10.1. The number of nitrogens with two attached hydrogens (primary N) is 1. The maximum absolute atomic E-state index is 5.56. The summed E-state index contributed by atoms with van der Waals surface area (Å²) in [6, 6.07) is 8.26. The minimum Gasteiger partial charge on any atom is -0.389 e. The van der Waals surface area contributed by atoms with Crippen molar-refractivity contribution in [2.45, 2.75) is 38.4 Å². The van der Waals surface area contributed by atoms with Crippen LogP contribution in [0.2, 0.25) is 0 Å². The molecule has 0 aromatic heterocycles. The van der Waals surface area contributed by atoms with Gasteiger partial charge >= 0.3 is 0 Å². The molecule has 0 bridgehead atoms. The van der Waals surface area contributed by atoms with Gasteiger partial charge in [0.1, 0.15) is 4.99 Å². The van der Waals surface area contributed by atoms with Crippen LogP contribution in [0.1, 0.15) is 43.7 Å². The Labute approximate surface area is 114 Å². The lowest BCUT2D eigenvalue weighted by Gasteiger charge is -2.03. The molecule has 0 aliphatic rings. The van der Waals surface area contributed by atoms with Crippen molar-refractivity contribution in [3.8, 4) is 0 Å². The van der Waals surface area contributed by atoms with E-state index in [0.717, 1.165) is 11.3 Å². The number of hydrogen-bond donors (Lipinski definition) is 1. The molecule has 1 aromatic carbocycles. The van der Waals surface area contributed by atoms with Crippen LogP contribution < -0.4 is 5.73 Å². The van der Waals surface area contributed by atoms with Gasteiger partial charge < -0.3 is 5.73 Å². The fraction of sp³-hybridized carbons (Fsp3) is 0.500. The molecule has 0 aliphatic heterocycles. The van der Waals surface area contributed by atoms with Crippen LogP contribution in [0.15, 0.2) is 24.3 Å². The molecular weight excluding hydrogens is 246 g/mol. The van der Waals surface area contributed by atoms with E-state index in [1.165, 1.54) is 37.0 Å². The minimum absolute atomic E-state index is 0.476. The zero-order valence-electron chi connectivity index (χ0n) is 10.4. The maximum atomic E-state index is 5.56. The second-order valence-electron chi connectivity index (χ2n) is 4.17. The zero-order valence-corrected chi connectivity index (χ0v) is 12.1. The van der Waals surface area contributed by atoms with E-state index in [0.29, 0.717) is 4.99 Å². The highest BCUT2D eigenvalue weighted by Crippen LogP contribution is 2.15. The molecule has 0 heterocycles. The van der Waals surface area contributed by atoms with Crippen LogP contribution >= 0.6 is 24.0 Å². The number of thioether (sulfide) groups is 1. The average molecular weight is 267 g/mol. The van der Waals surface area contributed by atoms with E-state index in [1.54, 1.807) is 0 Å². The molecular formula is C14H21NS2.